The quantitative estimate of drug-likeness (QED) is 0.829. The van der Waals surface area contributed by atoms with E-state index in [4.69, 9.17) is 33.7 Å². The number of alkyl halides is 2. The van der Waals surface area contributed by atoms with Gasteiger partial charge in [0.15, 0.2) is 0 Å². The summed E-state index contributed by atoms with van der Waals surface area (Å²) >= 11 is 11.9. The number of pyridine rings is 1. The van der Waals surface area contributed by atoms with Crippen LogP contribution in [0.15, 0.2) is 24.4 Å². The van der Waals surface area contributed by atoms with Crippen molar-refractivity contribution in [1.82, 2.24) is 4.98 Å². The number of nitrogens with zero attached hydrogens (tertiary/aromatic N) is 1. The number of carbonyl (C=O) groups excluding carboxylic acids is 1. The Bertz CT molecular complexity index is 773. The van der Waals surface area contributed by atoms with E-state index < -0.39 is 24.8 Å². The van der Waals surface area contributed by atoms with E-state index in [9.17, 15) is 18.0 Å². The molecule has 0 unspecified atom stereocenters. The molecule has 1 heterocycles. The Labute approximate surface area is 145 Å². The number of primary amides is 1. The Kier molecular flexibility index (Phi) is 5.90. The molecular formula is C15H11Cl2F3N2O2. The zero-order valence-electron chi connectivity index (χ0n) is 12.0. The minimum atomic E-state index is -2.71. The van der Waals surface area contributed by atoms with E-state index in [1.165, 1.54) is 18.3 Å². The van der Waals surface area contributed by atoms with Crippen LogP contribution in [0.2, 0.25) is 10.0 Å². The van der Waals surface area contributed by atoms with Crippen LogP contribution in [0.1, 0.15) is 5.69 Å². The predicted octanol–water partition coefficient (Wildman–Crippen LogP) is 3.87. The van der Waals surface area contributed by atoms with Crippen molar-refractivity contribution in [2.75, 3.05) is 6.61 Å². The molecule has 0 radical (unpaired) electrons. The molecule has 24 heavy (non-hydrogen) atoms. The average molecular weight is 379 g/mol. The first-order valence-electron chi connectivity index (χ1n) is 6.61. The van der Waals surface area contributed by atoms with E-state index in [2.05, 4.69) is 4.98 Å². The predicted molar refractivity (Wildman–Crippen MR) is 84.0 cm³/mol. The van der Waals surface area contributed by atoms with Crippen molar-refractivity contribution in [3.8, 4) is 16.9 Å². The molecule has 128 valence electrons. The van der Waals surface area contributed by atoms with Gasteiger partial charge in [-0.15, -0.1) is 0 Å². The summed E-state index contributed by atoms with van der Waals surface area (Å²) in [4.78, 5) is 14.7. The number of hydrogen-bond donors (Lipinski definition) is 1. The highest BCUT2D eigenvalue weighted by Gasteiger charge is 2.17. The van der Waals surface area contributed by atoms with Crippen LogP contribution in [0.25, 0.3) is 11.1 Å². The van der Waals surface area contributed by atoms with Crippen LogP contribution in [-0.4, -0.2) is 23.9 Å². The van der Waals surface area contributed by atoms with Gasteiger partial charge in [-0.3, -0.25) is 9.78 Å². The van der Waals surface area contributed by atoms with Crippen LogP contribution in [0.4, 0.5) is 13.2 Å². The van der Waals surface area contributed by atoms with Gasteiger partial charge in [0.2, 0.25) is 5.91 Å². The van der Waals surface area contributed by atoms with Crippen LogP contribution in [0.5, 0.6) is 5.75 Å². The largest absolute Gasteiger partial charge is 0.485 e. The summed E-state index contributed by atoms with van der Waals surface area (Å²) in [5, 5.41) is 0.209. The second kappa shape index (κ2) is 7.72. The highest BCUT2D eigenvalue weighted by Crippen LogP contribution is 2.39. The molecule has 4 nitrogen and oxygen atoms in total. The first-order valence-corrected chi connectivity index (χ1v) is 7.36. The SMILES string of the molecule is NC(=O)Cc1ncc(-c2cc(Cl)cc(Cl)c2OCC(F)F)cc1F. The number of ether oxygens (including phenoxy) is 1. The third-order valence-electron chi connectivity index (χ3n) is 2.93. The van der Waals surface area contributed by atoms with Crippen molar-refractivity contribution in [1.29, 1.82) is 0 Å². The summed E-state index contributed by atoms with van der Waals surface area (Å²) in [5.41, 5.74) is 5.27. The van der Waals surface area contributed by atoms with E-state index >= 15 is 0 Å². The number of carbonyl (C=O) groups is 1. The van der Waals surface area contributed by atoms with Crippen LogP contribution in [-0.2, 0) is 11.2 Å². The standard InChI is InChI=1S/C15H11Cl2F3N2O2/c16-8-2-9(15(10(17)3-8)24-6-13(19)20)7-1-11(18)12(22-5-7)4-14(21)23/h1-3,5,13H,4,6H2,(H2,21,23). The van der Waals surface area contributed by atoms with Crippen LogP contribution in [0.3, 0.4) is 0 Å². The number of nitrogens with two attached hydrogens (primary N) is 1. The molecular weight excluding hydrogens is 368 g/mol. The number of aromatic nitrogens is 1. The third-order valence-corrected chi connectivity index (χ3v) is 3.43. The average Bonchev–Trinajstić information content (AvgIpc) is 2.47. The zero-order chi connectivity index (χ0) is 17.9. The molecule has 0 saturated carbocycles. The molecule has 9 heteroatoms. The molecule has 0 saturated heterocycles. The van der Waals surface area contributed by atoms with E-state index in [0.717, 1.165) is 6.07 Å². The first-order chi connectivity index (χ1) is 11.3. The van der Waals surface area contributed by atoms with Crippen molar-refractivity contribution in [3.63, 3.8) is 0 Å². The lowest BCUT2D eigenvalue weighted by atomic mass is 10.1. The second-order valence-electron chi connectivity index (χ2n) is 4.76. The van der Waals surface area contributed by atoms with Gasteiger partial charge >= 0.3 is 0 Å². The molecule has 1 aromatic carbocycles. The van der Waals surface area contributed by atoms with Gasteiger partial charge in [0.25, 0.3) is 6.43 Å². The maximum Gasteiger partial charge on any atom is 0.272 e. The Morgan fingerprint density at radius 2 is 2.00 bits per heavy atom. The Morgan fingerprint density at radius 1 is 1.29 bits per heavy atom. The molecule has 0 atom stereocenters. The minimum absolute atomic E-state index is 0.000212. The molecule has 0 fully saturated rings. The topological polar surface area (TPSA) is 65.2 Å². The van der Waals surface area contributed by atoms with Gasteiger partial charge in [0.1, 0.15) is 18.2 Å². The number of rotatable bonds is 6. The fraction of sp³-hybridized carbons (Fsp3) is 0.200. The normalized spacial score (nSPS) is 10.9. The van der Waals surface area contributed by atoms with Crippen molar-refractivity contribution in [2.24, 2.45) is 5.73 Å². The van der Waals surface area contributed by atoms with Crippen molar-refractivity contribution in [2.45, 2.75) is 12.8 Å². The third kappa shape index (κ3) is 4.52. The lowest BCUT2D eigenvalue weighted by Crippen LogP contribution is -2.15. The molecule has 1 aromatic heterocycles. The minimum Gasteiger partial charge on any atom is -0.485 e. The summed E-state index contributed by atoms with van der Waals surface area (Å²) in [5.74, 6) is -1.58. The zero-order valence-corrected chi connectivity index (χ0v) is 13.5. The number of benzene rings is 1. The molecule has 0 aliphatic rings. The van der Waals surface area contributed by atoms with E-state index in [1.54, 1.807) is 0 Å². The van der Waals surface area contributed by atoms with Gasteiger partial charge in [-0.2, -0.15) is 0 Å². The van der Waals surface area contributed by atoms with Crippen molar-refractivity contribution >= 4 is 29.1 Å². The van der Waals surface area contributed by atoms with Gasteiger partial charge in [0.05, 0.1) is 17.1 Å². The lowest BCUT2D eigenvalue weighted by Gasteiger charge is -2.14. The van der Waals surface area contributed by atoms with E-state index in [1.807, 2.05) is 0 Å². The Balaban J connectivity index is 2.47. The van der Waals surface area contributed by atoms with Gasteiger partial charge < -0.3 is 10.5 Å². The molecule has 0 aliphatic carbocycles. The summed E-state index contributed by atoms with van der Waals surface area (Å²) in [6.45, 7) is -0.885. The molecule has 0 spiro atoms. The smallest absolute Gasteiger partial charge is 0.272 e. The molecule has 2 aromatic rings. The summed E-state index contributed by atoms with van der Waals surface area (Å²) in [6.07, 6.45) is -1.83. The van der Waals surface area contributed by atoms with Gasteiger partial charge in [-0.25, -0.2) is 13.2 Å². The summed E-state index contributed by atoms with van der Waals surface area (Å²) in [6, 6.07) is 3.78. The highest BCUT2D eigenvalue weighted by atomic mass is 35.5. The number of halogens is 5. The molecule has 0 aliphatic heterocycles. The van der Waals surface area contributed by atoms with E-state index in [-0.39, 0.29) is 39.0 Å². The van der Waals surface area contributed by atoms with Gasteiger partial charge in [-0.05, 0) is 18.2 Å². The van der Waals surface area contributed by atoms with E-state index in [0.29, 0.717) is 0 Å². The molecule has 2 N–H and O–H groups in total. The maximum atomic E-state index is 14.0. The molecule has 1 amide bonds. The highest BCUT2D eigenvalue weighted by molar-refractivity contribution is 6.36. The van der Waals surface area contributed by atoms with Crippen molar-refractivity contribution < 1.29 is 22.7 Å². The van der Waals surface area contributed by atoms with Gasteiger partial charge in [0, 0.05) is 22.3 Å². The monoisotopic (exact) mass is 378 g/mol. The van der Waals surface area contributed by atoms with Gasteiger partial charge in [-0.1, -0.05) is 23.2 Å². The number of hydrogen-bond acceptors (Lipinski definition) is 3. The maximum absolute atomic E-state index is 14.0. The number of amides is 1. The lowest BCUT2D eigenvalue weighted by molar-refractivity contribution is -0.117. The first kappa shape index (κ1) is 18.4. The second-order valence-corrected chi connectivity index (χ2v) is 5.61. The van der Waals surface area contributed by atoms with Crippen molar-refractivity contribution in [3.05, 3.63) is 46.0 Å². The van der Waals surface area contributed by atoms with Crippen LogP contribution < -0.4 is 10.5 Å². The molecule has 0 bridgehead atoms. The van der Waals surface area contributed by atoms with Crippen LogP contribution in [0, 0.1) is 5.82 Å². The van der Waals surface area contributed by atoms with Crippen LogP contribution >= 0.6 is 23.2 Å². The Morgan fingerprint density at radius 3 is 2.58 bits per heavy atom. The summed E-state index contributed by atoms with van der Waals surface area (Å²) in [7, 11) is 0. The fourth-order valence-corrected chi connectivity index (χ4v) is 2.52. The Hall–Kier alpha value is -1.99. The molecule has 2 rings (SSSR count). The summed E-state index contributed by atoms with van der Waals surface area (Å²) < 4.78 is 43.8. The fourth-order valence-electron chi connectivity index (χ4n) is 1.98.